The number of rotatable bonds is 7. The zero-order chi connectivity index (χ0) is 42.8. The molecule has 0 fully saturated rings. The first-order chi connectivity index (χ1) is 32.2. The van der Waals surface area contributed by atoms with Crippen LogP contribution in [0.25, 0.3) is 110 Å². The Morgan fingerprint density at radius 1 is 0.292 bits per heavy atom. The molecule has 0 N–H and O–H groups in total. The summed E-state index contributed by atoms with van der Waals surface area (Å²) in [7, 11) is 0. The highest BCUT2D eigenvalue weighted by atomic mass is 16.3. The molecule has 2 heterocycles. The lowest BCUT2D eigenvalue weighted by Gasteiger charge is -2.26. The SMILES string of the molecule is c1ccc(-c2oc3c4ccccc4c4cc(-c5ccc(N(c6ccc(-c7cccc8ccccc78)cc6)c6ccc7c(c6)oc6ccccc67)cc5)ccc4c3c2-c2ccccc2)cc1. The van der Waals surface area contributed by atoms with Crippen molar-refractivity contribution in [1.82, 2.24) is 0 Å². The van der Waals surface area contributed by atoms with Crippen molar-refractivity contribution in [2.75, 3.05) is 4.90 Å². The molecule has 0 spiro atoms. The molecule has 2 aromatic heterocycles. The molecule has 11 aromatic carbocycles. The molecule has 0 saturated heterocycles. The Morgan fingerprint density at radius 3 is 1.63 bits per heavy atom. The minimum Gasteiger partial charge on any atom is -0.456 e. The van der Waals surface area contributed by atoms with E-state index in [0.717, 1.165) is 88.9 Å². The normalized spacial score (nSPS) is 11.7. The summed E-state index contributed by atoms with van der Waals surface area (Å²) in [5.41, 5.74) is 13.8. The smallest absolute Gasteiger partial charge is 0.143 e. The molecule has 65 heavy (non-hydrogen) atoms. The maximum atomic E-state index is 6.96. The second-order valence-electron chi connectivity index (χ2n) is 16.8. The first kappa shape index (κ1) is 36.9. The maximum absolute atomic E-state index is 6.96. The van der Waals surface area contributed by atoms with E-state index < -0.39 is 0 Å². The van der Waals surface area contributed by atoms with E-state index in [1.165, 1.54) is 38.1 Å². The van der Waals surface area contributed by atoms with Gasteiger partial charge in [0.2, 0.25) is 0 Å². The molecule has 0 aliphatic carbocycles. The zero-order valence-electron chi connectivity index (χ0n) is 35.3. The van der Waals surface area contributed by atoms with E-state index in [1.807, 2.05) is 12.1 Å². The van der Waals surface area contributed by atoms with Gasteiger partial charge in [0.25, 0.3) is 0 Å². The largest absolute Gasteiger partial charge is 0.456 e. The molecule has 3 nitrogen and oxygen atoms in total. The predicted octanol–water partition coefficient (Wildman–Crippen LogP) is 17.9. The van der Waals surface area contributed by atoms with E-state index in [1.54, 1.807) is 0 Å². The van der Waals surface area contributed by atoms with Gasteiger partial charge in [-0.3, -0.25) is 0 Å². The molecule has 0 aliphatic rings. The topological polar surface area (TPSA) is 29.5 Å². The van der Waals surface area contributed by atoms with Crippen LogP contribution in [0.2, 0.25) is 0 Å². The molecule has 0 radical (unpaired) electrons. The summed E-state index contributed by atoms with van der Waals surface area (Å²) in [5, 5.41) is 10.5. The zero-order valence-corrected chi connectivity index (χ0v) is 35.3. The molecule has 0 aliphatic heterocycles. The van der Waals surface area contributed by atoms with Crippen molar-refractivity contribution >= 4 is 82.3 Å². The van der Waals surface area contributed by atoms with Crippen molar-refractivity contribution in [3.63, 3.8) is 0 Å². The summed E-state index contributed by atoms with van der Waals surface area (Å²) in [6, 6.07) is 84.5. The first-order valence-corrected chi connectivity index (χ1v) is 22.2. The molecule has 304 valence electrons. The molecular formula is C62H39NO2. The van der Waals surface area contributed by atoms with Crippen molar-refractivity contribution in [3.8, 4) is 44.7 Å². The number of nitrogens with zero attached hydrogens (tertiary/aromatic N) is 1. The van der Waals surface area contributed by atoms with Crippen LogP contribution in [-0.4, -0.2) is 0 Å². The van der Waals surface area contributed by atoms with Crippen LogP contribution in [0.15, 0.2) is 245 Å². The minimum atomic E-state index is 0.860. The van der Waals surface area contributed by atoms with Crippen molar-refractivity contribution in [1.29, 1.82) is 0 Å². The lowest BCUT2D eigenvalue weighted by atomic mass is 9.91. The van der Waals surface area contributed by atoms with E-state index in [-0.39, 0.29) is 0 Å². The van der Waals surface area contributed by atoms with E-state index in [9.17, 15) is 0 Å². The Bertz CT molecular complexity index is 3910. The van der Waals surface area contributed by atoms with Crippen LogP contribution >= 0.6 is 0 Å². The average molecular weight is 830 g/mol. The highest BCUT2D eigenvalue weighted by molar-refractivity contribution is 6.29. The van der Waals surface area contributed by atoms with Crippen molar-refractivity contribution in [2.45, 2.75) is 0 Å². The quantitative estimate of drug-likeness (QED) is 0.150. The summed E-state index contributed by atoms with van der Waals surface area (Å²) in [4.78, 5) is 2.32. The molecule has 0 atom stereocenters. The van der Waals surface area contributed by atoms with E-state index in [2.05, 4.69) is 229 Å². The van der Waals surface area contributed by atoms with Gasteiger partial charge in [-0.25, -0.2) is 0 Å². The minimum absolute atomic E-state index is 0.860. The highest BCUT2D eigenvalue weighted by Crippen LogP contribution is 2.48. The number of furan rings is 2. The van der Waals surface area contributed by atoms with Crippen molar-refractivity contribution in [2.24, 2.45) is 0 Å². The van der Waals surface area contributed by atoms with E-state index in [0.29, 0.717) is 0 Å². The molecule has 13 rings (SSSR count). The van der Waals surface area contributed by atoms with Gasteiger partial charge in [0.05, 0.1) is 0 Å². The Kier molecular flexibility index (Phi) is 8.53. The highest BCUT2D eigenvalue weighted by Gasteiger charge is 2.23. The van der Waals surface area contributed by atoms with Gasteiger partial charge in [0.1, 0.15) is 22.5 Å². The molecule has 0 unspecified atom stereocenters. The average Bonchev–Trinajstić information content (AvgIpc) is 3.97. The second-order valence-corrected chi connectivity index (χ2v) is 16.8. The van der Waals surface area contributed by atoms with Crippen LogP contribution in [0.3, 0.4) is 0 Å². The third-order valence-electron chi connectivity index (χ3n) is 13.1. The summed E-state index contributed by atoms with van der Waals surface area (Å²) >= 11 is 0. The van der Waals surface area contributed by atoms with Gasteiger partial charge < -0.3 is 13.7 Å². The Hall–Kier alpha value is -8.66. The van der Waals surface area contributed by atoms with Gasteiger partial charge >= 0.3 is 0 Å². The van der Waals surface area contributed by atoms with Crippen LogP contribution in [0.1, 0.15) is 0 Å². The van der Waals surface area contributed by atoms with Crippen LogP contribution in [-0.2, 0) is 0 Å². The Morgan fingerprint density at radius 2 is 0.862 bits per heavy atom. The van der Waals surface area contributed by atoms with Crippen molar-refractivity contribution < 1.29 is 8.83 Å². The lowest BCUT2D eigenvalue weighted by Crippen LogP contribution is -2.09. The van der Waals surface area contributed by atoms with Crippen LogP contribution in [0.4, 0.5) is 17.1 Å². The number of anilines is 3. The molecule has 0 amide bonds. The maximum Gasteiger partial charge on any atom is 0.143 e. The first-order valence-electron chi connectivity index (χ1n) is 22.2. The summed E-state index contributed by atoms with van der Waals surface area (Å²) in [6.45, 7) is 0. The second kappa shape index (κ2) is 15.0. The van der Waals surface area contributed by atoms with Crippen LogP contribution in [0.5, 0.6) is 0 Å². The summed E-state index contributed by atoms with van der Waals surface area (Å²) < 4.78 is 13.4. The summed E-state index contributed by atoms with van der Waals surface area (Å²) in [5.74, 6) is 0.886. The van der Waals surface area contributed by atoms with Gasteiger partial charge in [0, 0.05) is 55.8 Å². The molecule has 0 bridgehead atoms. The fourth-order valence-electron chi connectivity index (χ4n) is 10.0. The number of hydrogen-bond acceptors (Lipinski definition) is 3. The monoisotopic (exact) mass is 829 g/mol. The lowest BCUT2D eigenvalue weighted by molar-refractivity contribution is 0.636. The van der Waals surface area contributed by atoms with Gasteiger partial charge in [0.15, 0.2) is 0 Å². The number of para-hydroxylation sites is 1. The number of benzene rings is 11. The third-order valence-corrected chi connectivity index (χ3v) is 13.1. The Labute approximate surface area is 375 Å². The van der Waals surface area contributed by atoms with Crippen LogP contribution < -0.4 is 4.90 Å². The Balaban J connectivity index is 0.943. The molecular weight excluding hydrogens is 791 g/mol. The molecule has 0 saturated carbocycles. The van der Waals surface area contributed by atoms with Gasteiger partial charge in [-0.2, -0.15) is 0 Å². The fourth-order valence-corrected chi connectivity index (χ4v) is 10.0. The number of fused-ring (bicyclic) bond motifs is 10. The van der Waals surface area contributed by atoms with E-state index in [4.69, 9.17) is 8.83 Å². The van der Waals surface area contributed by atoms with Gasteiger partial charge in [-0.15, -0.1) is 0 Å². The third kappa shape index (κ3) is 6.12. The molecule has 13 aromatic rings. The standard InChI is InChI=1S/C62H39NO2/c1-3-15-43(16-4-1)59-60-54-36-30-45(38-56(54)51-21-9-10-23-55(51)62(60)65-61(59)44-17-5-2-6-18-44)40-26-31-46(32-27-40)63(48-35-37-53-52-22-11-12-25-57(52)64-58(53)39-48)47-33-28-42(29-34-47)50-24-13-19-41-14-7-8-20-49(41)50/h1-39H. The molecule has 3 heteroatoms. The van der Waals surface area contributed by atoms with Gasteiger partial charge in [-0.1, -0.05) is 182 Å². The number of hydrogen-bond donors (Lipinski definition) is 0. The van der Waals surface area contributed by atoms with Crippen molar-refractivity contribution in [3.05, 3.63) is 237 Å². The fraction of sp³-hybridized carbons (Fsp3) is 0. The predicted molar refractivity (Wildman–Crippen MR) is 272 cm³/mol. The van der Waals surface area contributed by atoms with Crippen LogP contribution in [0, 0.1) is 0 Å². The van der Waals surface area contributed by atoms with Gasteiger partial charge in [-0.05, 0) is 103 Å². The van der Waals surface area contributed by atoms with E-state index >= 15 is 0 Å². The summed E-state index contributed by atoms with van der Waals surface area (Å²) in [6.07, 6.45) is 0.